The molecule has 5 heteroatoms. The van der Waals surface area contributed by atoms with Gasteiger partial charge in [-0.2, -0.15) is 0 Å². The molecule has 0 spiro atoms. The van der Waals surface area contributed by atoms with Crippen LogP contribution in [0.3, 0.4) is 0 Å². The Morgan fingerprint density at radius 3 is 2.47 bits per heavy atom. The summed E-state index contributed by atoms with van der Waals surface area (Å²) in [5.41, 5.74) is 0. The second-order valence-electron chi connectivity index (χ2n) is 5.17. The number of carboxylic acids is 1. The second-order valence-corrected chi connectivity index (χ2v) is 5.17. The van der Waals surface area contributed by atoms with Crippen LogP contribution in [0.15, 0.2) is 0 Å². The molecule has 0 aromatic carbocycles. The van der Waals surface area contributed by atoms with Gasteiger partial charge in [-0.25, -0.2) is 0 Å². The van der Waals surface area contributed by atoms with E-state index in [4.69, 9.17) is 10.2 Å². The number of carboxylic acid groups (broad SMARTS) is 1. The fourth-order valence-corrected chi connectivity index (χ4v) is 2.74. The molecule has 1 amide bonds. The Kier molecular flexibility index (Phi) is 3.66. The molecule has 17 heavy (non-hydrogen) atoms. The van der Waals surface area contributed by atoms with Gasteiger partial charge in [-0.3, -0.25) is 9.59 Å². The molecule has 0 heterocycles. The molecule has 0 saturated heterocycles. The summed E-state index contributed by atoms with van der Waals surface area (Å²) in [6, 6.07) is 0. The van der Waals surface area contributed by atoms with Crippen LogP contribution in [0.5, 0.6) is 0 Å². The molecule has 0 aromatic heterocycles. The zero-order chi connectivity index (χ0) is 12.4. The van der Waals surface area contributed by atoms with E-state index in [0.717, 1.165) is 19.3 Å². The summed E-state index contributed by atoms with van der Waals surface area (Å²) >= 11 is 0. The van der Waals surface area contributed by atoms with Gasteiger partial charge in [-0.15, -0.1) is 0 Å². The van der Waals surface area contributed by atoms with E-state index < -0.39 is 11.9 Å². The molecule has 2 aliphatic rings. The van der Waals surface area contributed by atoms with E-state index in [9.17, 15) is 9.59 Å². The van der Waals surface area contributed by atoms with Gasteiger partial charge in [0.25, 0.3) is 0 Å². The number of rotatable bonds is 5. The molecule has 0 aromatic rings. The molecule has 2 saturated carbocycles. The van der Waals surface area contributed by atoms with E-state index in [1.807, 2.05) is 0 Å². The number of aliphatic carboxylic acids is 1. The van der Waals surface area contributed by atoms with Crippen LogP contribution in [0.2, 0.25) is 0 Å². The minimum absolute atomic E-state index is 0.138. The Balaban J connectivity index is 1.72. The Morgan fingerprint density at radius 2 is 1.88 bits per heavy atom. The summed E-state index contributed by atoms with van der Waals surface area (Å²) in [4.78, 5) is 22.3. The highest BCUT2D eigenvalue weighted by Gasteiger charge is 2.48. The van der Waals surface area contributed by atoms with Gasteiger partial charge in [0, 0.05) is 13.2 Å². The van der Waals surface area contributed by atoms with E-state index in [0.29, 0.717) is 24.8 Å². The molecule has 2 aliphatic carbocycles. The first-order chi connectivity index (χ1) is 8.13. The van der Waals surface area contributed by atoms with Crippen molar-refractivity contribution in [2.45, 2.75) is 25.7 Å². The quantitative estimate of drug-likeness (QED) is 0.643. The summed E-state index contributed by atoms with van der Waals surface area (Å²) in [5.74, 6) is -1.18. The van der Waals surface area contributed by atoms with Crippen molar-refractivity contribution in [3.8, 4) is 0 Å². The van der Waals surface area contributed by atoms with E-state index in [1.165, 1.54) is 0 Å². The van der Waals surface area contributed by atoms with Crippen LogP contribution in [0, 0.1) is 23.7 Å². The first kappa shape index (κ1) is 12.4. The Bertz CT molecular complexity index is 318. The molecule has 2 fully saturated rings. The Morgan fingerprint density at radius 1 is 1.18 bits per heavy atom. The molecule has 2 rings (SSSR count). The molecular weight excluding hydrogens is 222 g/mol. The topological polar surface area (TPSA) is 86.6 Å². The van der Waals surface area contributed by atoms with Gasteiger partial charge in [0.15, 0.2) is 0 Å². The number of hydrogen-bond acceptors (Lipinski definition) is 3. The van der Waals surface area contributed by atoms with Crippen LogP contribution in [0.1, 0.15) is 25.7 Å². The van der Waals surface area contributed by atoms with Crippen molar-refractivity contribution in [3.05, 3.63) is 0 Å². The predicted molar refractivity (Wildman–Crippen MR) is 60.2 cm³/mol. The predicted octanol–water partition coefficient (Wildman–Crippen LogP) is 0.232. The van der Waals surface area contributed by atoms with Crippen LogP contribution in [-0.2, 0) is 9.59 Å². The highest BCUT2D eigenvalue weighted by atomic mass is 16.4. The zero-order valence-electron chi connectivity index (χ0n) is 9.76. The zero-order valence-corrected chi connectivity index (χ0v) is 9.76. The normalized spacial score (nSPS) is 35.6. The Labute approximate surface area is 100 Å². The average Bonchev–Trinajstić information content (AvgIpc) is 2.99. The van der Waals surface area contributed by atoms with Gasteiger partial charge in [0.05, 0.1) is 11.8 Å². The van der Waals surface area contributed by atoms with Crippen molar-refractivity contribution in [2.24, 2.45) is 23.7 Å². The number of aliphatic hydroxyl groups excluding tert-OH is 1. The third-order valence-electron chi connectivity index (χ3n) is 4.03. The molecule has 4 atom stereocenters. The molecule has 3 N–H and O–H groups in total. The minimum Gasteiger partial charge on any atom is -0.481 e. The summed E-state index contributed by atoms with van der Waals surface area (Å²) in [7, 11) is 0. The van der Waals surface area contributed by atoms with Crippen LogP contribution in [-0.4, -0.2) is 35.2 Å². The third-order valence-corrected chi connectivity index (χ3v) is 4.03. The lowest BCUT2D eigenvalue weighted by Gasteiger charge is -2.17. The molecule has 96 valence electrons. The van der Waals surface area contributed by atoms with E-state index >= 15 is 0 Å². The largest absolute Gasteiger partial charge is 0.481 e. The molecule has 5 nitrogen and oxygen atoms in total. The van der Waals surface area contributed by atoms with Gasteiger partial charge in [0.2, 0.25) is 5.91 Å². The SMILES string of the molecule is O=C(O)C1CC1C(=O)NCC1CCCC1CO. The van der Waals surface area contributed by atoms with Gasteiger partial charge in [-0.05, 0) is 31.1 Å². The van der Waals surface area contributed by atoms with Crippen LogP contribution < -0.4 is 5.32 Å². The van der Waals surface area contributed by atoms with E-state index in [1.54, 1.807) is 0 Å². The molecule has 0 aliphatic heterocycles. The first-order valence-corrected chi connectivity index (χ1v) is 6.25. The smallest absolute Gasteiger partial charge is 0.307 e. The number of carbonyl (C=O) groups excluding carboxylic acids is 1. The van der Waals surface area contributed by atoms with Gasteiger partial charge in [-0.1, -0.05) is 6.42 Å². The van der Waals surface area contributed by atoms with Crippen LogP contribution >= 0.6 is 0 Å². The maximum atomic E-state index is 11.6. The fraction of sp³-hybridized carbons (Fsp3) is 0.833. The van der Waals surface area contributed by atoms with Crippen LogP contribution in [0.25, 0.3) is 0 Å². The standard InChI is InChI=1S/C12H19NO4/c14-6-8-3-1-2-7(8)5-13-11(15)9-4-10(9)12(16)17/h7-10,14H,1-6H2,(H,13,15)(H,16,17). The van der Waals surface area contributed by atoms with Crippen LogP contribution in [0.4, 0.5) is 0 Å². The Hall–Kier alpha value is -1.10. The highest BCUT2D eigenvalue weighted by molar-refractivity contribution is 5.89. The molecule has 0 bridgehead atoms. The number of nitrogens with one attached hydrogen (secondary N) is 1. The third kappa shape index (κ3) is 2.77. The molecule has 0 radical (unpaired) electrons. The first-order valence-electron chi connectivity index (χ1n) is 6.25. The number of amides is 1. The monoisotopic (exact) mass is 241 g/mol. The summed E-state index contributed by atoms with van der Waals surface area (Å²) in [6.45, 7) is 0.759. The molecular formula is C12H19NO4. The van der Waals surface area contributed by atoms with Crippen molar-refractivity contribution >= 4 is 11.9 Å². The number of aliphatic hydroxyl groups is 1. The summed E-state index contributed by atoms with van der Waals surface area (Å²) in [6.07, 6.45) is 3.64. The summed E-state index contributed by atoms with van der Waals surface area (Å²) in [5, 5.41) is 20.7. The van der Waals surface area contributed by atoms with Crippen molar-refractivity contribution < 1.29 is 19.8 Å². The minimum atomic E-state index is -0.876. The second kappa shape index (κ2) is 5.04. The van der Waals surface area contributed by atoms with Crippen molar-refractivity contribution in [1.29, 1.82) is 0 Å². The maximum Gasteiger partial charge on any atom is 0.307 e. The fourth-order valence-electron chi connectivity index (χ4n) is 2.74. The maximum absolute atomic E-state index is 11.6. The van der Waals surface area contributed by atoms with Crippen molar-refractivity contribution in [3.63, 3.8) is 0 Å². The molecule has 4 unspecified atom stereocenters. The summed E-state index contributed by atoms with van der Waals surface area (Å²) < 4.78 is 0. The average molecular weight is 241 g/mol. The van der Waals surface area contributed by atoms with Crippen molar-refractivity contribution in [1.82, 2.24) is 5.32 Å². The lowest BCUT2D eigenvalue weighted by Crippen LogP contribution is -2.33. The van der Waals surface area contributed by atoms with Crippen molar-refractivity contribution in [2.75, 3.05) is 13.2 Å². The number of carbonyl (C=O) groups is 2. The lowest BCUT2D eigenvalue weighted by molar-refractivity contribution is -0.140. The van der Waals surface area contributed by atoms with Gasteiger partial charge < -0.3 is 15.5 Å². The van der Waals surface area contributed by atoms with Gasteiger partial charge >= 0.3 is 5.97 Å². The number of hydrogen-bond donors (Lipinski definition) is 3. The van der Waals surface area contributed by atoms with E-state index in [-0.39, 0.29) is 18.4 Å². The lowest BCUT2D eigenvalue weighted by atomic mass is 9.97. The van der Waals surface area contributed by atoms with E-state index in [2.05, 4.69) is 5.32 Å². The van der Waals surface area contributed by atoms with Gasteiger partial charge in [0.1, 0.15) is 0 Å². The highest BCUT2D eigenvalue weighted by Crippen LogP contribution is 2.39.